The molecule has 0 radical (unpaired) electrons. The van der Waals surface area contributed by atoms with Gasteiger partial charge in [0.2, 0.25) is 5.88 Å². The van der Waals surface area contributed by atoms with Crippen LogP contribution in [-0.2, 0) is 32.5 Å². The Balaban J connectivity index is 1.22. The lowest BCUT2D eigenvalue weighted by Crippen LogP contribution is -2.47. The summed E-state index contributed by atoms with van der Waals surface area (Å²) in [5.74, 6) is 2.11. The number of benzene rings is 1. The minimum atomic E-state index is 0.0703. The minimum absolute atomic E-state index is 0.0703. The van der Waals surface area contributed by atoms with Crippen LogP contribution in [0.25, 0.3) is 0 Å². The van der Waals surface area contributed by atoms with Gasteiger partial charge in [-0.25, -0.2) is 9.78 Å². The van der Waals surface area contributed by atoms with E-state index in [1.807, 2.05) is 46.3 Å². The monoisotopic (exact) mass is 460 g/mol. The first-order chi connectivity index (χ1) is 16.6. The van der Waals surface area contributed by atoms with E-state index in [2.05, 4.69) is 16.0 Å². The van der Waals surface area contributed by atoms with Crippen molar-refractivity contribution in [2.75, 3.05) is 27.3 Å². The van der Waals surface area contributed by atoms with E-state index in [4.69, 9.17) is 14.2 Å². The van der Waals surface area contributed by atoms with E-state index in [1.165, 1.54) is 11.1 Å². The number of ether oxygens (including phenoxy) is 3. The number of hydrogen-bond donors (Lipinski definition) is 0. The first kappa shape index (κ1) is 22.0. The molecule has 3 aromatic rings. The number of carbonyl (C=O) groups excluding carboxylic acids is 1. The number of carbonyl (C=O) groups is 1. The highest BCUT2D eigenvalue weighted by molar-refractivity contribution is 5.75. The summed E-state index contributed by atoms with van der Waals surface area (Å²) in [7, 11) is 3.24. The largest absolute Gasteiger partial charge is 0.495 e. The Labute approximate surface area is 199 Å². The van der Waals surface area contributed by atoms with Crippen LogP contribution in [0.15, 0.2) is 48.8 Å². The fourth-order valence-electron chi connectivity index (χ4n) is 4.45. The van der Waals surface area contributed by atoms with Crippen molar-refractivity contribution in [3.8, 4) is 17.4 Å². The van der Waals surface area contributed by atoms with Crippen LogP contribution in [0.4, 0.5) is 4.79 Å². The zero-order valence-corrected chi connectivity index (χ0v) is 19.5. The fraction of sp³-hybridized carbons (Fsp3) is 0.346. The molecule has 2 aromatic heterocycles. The molecule has 0 saturated carbocycles. The molecule has 0 saturated heterocycles. The second kappa shape index (κ2) is 9.59. The van der Waals surface area contributed by atoms with Gasteiger partial charge in [0.05, 0.1) is 26.1 Å². The second-order valence-corrected chi connectivity index (χ2v) is 8.53. The molecule has 8 heteroatoms. The van der Waals surface area contributed by atoms with Gasteiger partial charge in [-0.2, -0.15) is 0 Å². The van der Waals surface area contributed by atoms with Crippen molar-refractivity contribution in [3.63, 3.8) is 0 Å². The molecule has 34 heavy (non-hydrogen) atoms. The SMILES string of the molecule is COc1ccc(COc2ccc3c(c2)CN(C(=O)N2CCc4cc(OC)ncc4C2)CC3)nc1. The summed E-state index contributed by atoms with van der Waals surface area (Å²) in [4.78, 5) is 25.8. The first-order valence-electron chi connectivity index (χ1n) is 11.4. The average Bonchev–Trinajstić information content (AvgIpc) is 2.90. The molecule has 0 bridgehead atoms. The third-order valence-electron chi connectivity index (χ3n) is 6.43. The molecule has 2 amide bonds. The van der Waals surface area contributed by atoms with Crippen molar-refractivity contribution in [1.82, 2.24) is 19.8 Å². The summed E-state index contributed by atoms with van der Waals surface area (Å²) in [5.41, 5.74) is 5.50. The Morgan fingerprint density at radius 1 is 0.824 bits per heavy atom. The maximum atomic E-state index is 13.3. The van der Waals surface area contributed by atoms with Crippen molar-refractivity contribution in [3.05, 3.63) is 76.7 Å². The Hall–Kier alpha value is -3.81. The van der Waals surface area contributed by atoms with Gasteiger partial charge in [0.25, 0.3) is 0 Å². The lowest BCUT2D eigenvalue weighted by atomic mass is 9.99. The molecule has 176 valence electrons. The van der Waals surface area contributed by atoms with Gasteiger partial charge in [-0.05, 0) is 59.4 Å². The molecule has 1 aromatic carbocycles. The van der Waals surface area contributed by atoms with Gasteiger partial charge in [-0.15, -0.1) is 0 Å². The maximum Gasteiger partial charge on any atom is 0.320 e. The van der Waals surface area contributed by atoms with Gasteiger partial charge in [-0.3, -0.25) is 4.98 Å². The van der Waals surface area contributed by atoms with E-state index in [0.29, 0.717) is 38.7 Å². The molecule has 0 fully saturated rings. The number of pyridine rings is 2. The van der Waals surface area contributed by atoms with Crippen LogP contribution in [0.2, 0.25) is 0 Å². The molecule has 4 heterocycles. The van der Waals surface area contributed by atoms with E-state index in [-0.39, 0.29) is 6.03 Å². The van der Waals surface area contributed by atoms with Crippen molar-refractivity contribution >= 4 is 6.03 Å². The lowest BCUT2D eigenvalue weighted by Gasteiger charge is -2.36. The van der Waals surface area contributed by atoms with E-state index >= 15 is 0 Å². The predicted molar refractivity (Wildman–Crippen MR) is 126 cm³/mol. The first-order valence-corrected chi connectivity index (χ1v) is 11.4. The maximum absolute atomic E-state index is 13.3. The number of urea groups is 1. The molecule has 8 nitrogen and oxygen atoms in total. The van der Waals surface area contributed by atoms with Crippen LogP contribution in [0.5, 0.6) is 17.4 Å². The zero-order valence-electron chi connectivity index (χ0n) is 19.5. The van der Waals surface area contributed by atoms with Crippen molar-refractivity contribution < 1.29 is 19.0 Å². The Kier molecular flexibility index (Phi) is 6.20. The van der Waals surface area contributed by atoms with Crippen molar-refractivity contribution in [1.29, 1.82) is 0 Å². The quantitative estimate of drug-likeness (QED) is 0.579. The molecule has 0 spiro atoms. The predicted octanol–water partition coefficient (Wildman–Crippen LogP) is 3.61. The third kappa shape index (κ3) is 4.62. The number of methoxy groups -OCH3 is 2. The Morgan fingerprint density at radius 2 is 1.59 bits per heavy atom. The average molecular weight is 461 g/mol. The van der Waals surface area contributed by atoms with Gasteiger partial charge in [0, 0.05) is 38.4 Å². The summed E-state index contributed by atoms with van der Waals surface area (Å²) >= 11 is 0. The molecule has 0 N–H and O–H groups in total. The van der Waals surface area contributed by atoms with Gasteiger partial charge in [0.15, 0.2) is 0 Å². The number of nitrogens with zero attached hydrogens (tertiary/aromatic N) is 4. The van der Waals surface area contributed by atoms with E-state index in [1.54, 1.807) is 20.4 Å². The molecule has 0 atom stereocenters. The van der Waals surface area contributed by atoms with Gasteiger partial charge in [-0.1, -0.05) is 6.07 Å². The number of amides is 2. The van der Waals surface area contributed by atoms with E-state index in [0.717, 1.165) is 41.2 Å². The molecule has 0 unspecified atom stereocenters. The van der Waals surface area contributed by atoms with Crippen LogP contribution >= 0.6 is 0 Å². The number of fused-ring (bicyclic) bond motifs is 2. The normalized spacial score (nSPS) is 14.8. The fourth-order valence-corrected chi connectivity index (χ4v) is 4.45. The molecular formula is C26H28N4O4. The van der Waals surface area contributed by atoms with Crippen LogP contribution < -0.4 is 14.2 Å². The minimum Gasteiger partial charge on any atom is -0.495 e. The van der Waals surface area contributed by atoms with Gasteiger partial charge < -0.3 is 24.0 Å². The molecule has 0 aliphatic carbocycles. The van der Waals surface area contributed by atoms with Crippen molar-refractivity contribution in [2.24, 2.45) is 0 Å². The van der Waals surface area contributed by atoms with Crippen LogP contribution in [0, 0.1) is 0 Å². The Bertz CT molecular complexity index is 1180. The van der Waals surface area contributed by atoms with Crippen LogP contribution in [0.3, 0.4) is 0 Å². The second-order valence-electron chi connectivity index (χ2n) is 8.53. The summed E-state index contributed by atoms with van der Waals surface area (Å²) in [6.45, 7) is 2.94. The summed E-state index contributed by atoms with van der Waals surface area (Å²) in [5, 5.41) is 0. The van der Waals surface area contributed by atoms with E-state index < -0.39 is 0 Å². The highest BCUT2D eigenvalue weighted by Crippen LogP contribution is 2.27. The van der Waals surface area contributed by atoms with Crippen LogP contribution in [0.1, 0.15) is 27.9 Å². The highest BCUT2D eigenvalue weighted by Gasteiger charge is 2.28. The molecule has 2 aliphatic rings. The molecular weight excluding hydrogens is 432 g/mol. The molecule has 2 aliphatic heterocycles. The number of aromatic nitrogens is 2. The zero-order chi connectivity index (χ0) is 23.5. The van der Waals surface area contributed by atoms with E-state index in [9.17, 15) is 4.79 Å². The third-order valence-corrected chi connectivity index (χ3v) is 6.43. The number of rotatable bonds is 5. The van der Waals surface area contributed by atoms with Gasteiger partial charge >= 0.3 is 6.03 Å². The summed E-state index contributed by atoms with van der Waals surface area (Å²) < 4.78 is 16.3. The topological polar surface area (TPSA) is 77.0 Å². The Morgan fingerprint density at radius 3 is 2.32 bits per heavy atom. The van der Waals surface area contributed by atoms with Gasteiger partial charge in [0.1, 0.15) is 18.1 Å². The van der Waals surface area contributed by atoms with Crippen molar-refractivity contribution in [2.45, 2.75) is 32.5 Å². The lowest BCUT2D eigenvalue weighted by molar-refractivity contribution is 0.142. The number of hydrogen-bond acceptors (Lipinski definition) is 6. The smallest absolute Gasteiger partial charge is 0.320 e. The highest BCUT2D eigenvalue weighted by atomic mass is 16.5. The molecule has 5 rings (SSSR count). The summed E-state index contributed by atoms with van der Waals surface area (Å²) in [6.07, 6.45) is 5.15. The summed E-state index contributed by atoms with van der Waals surface area (Å²) in [6, 6.07) is 11.9. The van der Waals surface area contributed by atoms with Crippen LogP contribution in [-0.4, -0.2) is 53.1 Å². The standard InChI is InChI=1S/C26H28N4O4/c1-32-24-6-4-22(27-14-24)17-34-23-5-3-18-7-9-29(15-20(18)11-23)26(31)30-10-8-19-12-25(33-2)28-13-21(19)16-30/h3-6,11-14H,7-10,15-17H2,1-2H3.